The normalized spacial score (nSPS) is 19.3. The van der Waals surface area contributed by atoms with Crippen LogP contribution in [0.25, 0.3) is 0 Å². The van der Waals surface area contributed by atoms with E-state index in [1.807, 2.05) is 12.3 Å². The van der Waals surface area contributed by atoms with Gasteiger partial charge in [-0.15, -0.1) is 0 Å². The lowest BCUT2D eigenvalue weighted by molar-refractivity contribution is 0.194. The van der Waals surface area contributed by atoms with Crippen molar-refractivity contribution in [2.75, 3.05) is 20.6 Å². The summed E-state index contributed by atoms with van der Waals surface area (Å²) in [6.07, 6.45) is 11.7. The Kier molecular flexibility index (Phi) is 4.84. The zero-order chi connectivity index (χ0) is 12.8. The maximum absolute atomic E-state index is 5.11. The summed E-state index contributed by atoms with van der Waals surface area (Å²) in [7, 11) is 4.32. The van der Waals surface area contributed by atoms with E-state index in [0.717, 1.165) is 13.1 Å². The Balaban J connectivity index is 1.78. The minimum atomic E-state index is 0.392. The molecule has 1 aromatic rings. The summed E-state index contributed by atoms with van der Waals surface area (Å²) in [5, 5.41) is 3.59. The predicted molar refractivity (Wildman–Crippen MR) is 74.5 cm³/mol. The van der Waals surface area contributed by atoms with E-state index in [2.05, 4.69) is 24.3 Å². The van der Waals surface area contributed by atoms with Gasteiger partial charge in [0.1, 0.15) is 0 Å². The molecule has 0 unspecified atom stereocenters. The lowest BCUT2D eigenvalue weighted by Gasteiger charge is -2.38. The summed E-state index contributed by atoms with van der Waals surface area (Å²) in [5.74, 6) is 0. The van der Waals surface area contributed by atoms with Gasteiger partial charge in [0.05, 0.1) is 12.5 Å². The minimum Gasteiger partial charge on any atom is -0.472 e. The fourth-order valence-corrected chi connectivity index (χ4v) is 3.03. The van der Waals surface area contributed by atoms with E-state index in [0.29, 0.717) is 5.54 Å². The summed E-state index contributed by atoms with van der Waals surface area (Å²) in [4.78, 5) is 2.39. The highest BCUT2D eigenvalue weighted by Crippen LogP contribution is 2.30. The lowest BCUT2D eigenvalue weighted by Crippen LogP contribution is -2.46. The molecule has 0 amide bonds. The summed E-state index contributed by atoms with van der Waals surface area (Å²) in [6.45, 7) is 2.13. The largest absolute Gasteiger partial charge is 0.472 e. The lowest BCUT2D eigenvalue weighted by atomic mass is 9.79. The highest BCUT2D eigenvalue weighted by atomic mass is 16.3. The molecule has 1 saturated carbocycles. The monoisotopic (exact) mass is 250 g/mol. The van der Waals surface area contributed by atoms with Crippen LogP contribution in [-0.4, -0.2) is 31.1 Å². The van der Waals surface area contributed by atoms with E-state index in [1.54, 1.807) is 6.26 Å². The van der Waals surface area contributed by atoms with Gasteiger partial charge in [-0.1, -0.05) is 19.3 Å². The first-order chi connectivity index (χ1) is 8.74. The second-order valence-electron chi connectivity index (χ2n) is 5.71. The highest BCUT2D eigenvalue weighted by Gasteiger charge is 2.29. The molecule has 0 atom stereocenters. The van der Waals surface area contributed by atoms with Gasteiger partial charge in [0, 0.05) is 17.6 Å². The molecule has 0 bridgehead atoms. The molecule has 102 valence electrons. The van der Waals surface area contributed by atoms with Crippen molar-refractivity contribution in [3.8, 4) is 0 Å². The SMILES string of the molecule is CNC1(CCN(C)Cc2ccoc2)CCCCC1. The molecular formula is C15H26N2O. The third kappa shape index (κ3) is 3.59. The van der Waals surface area contributed by atoms with Gasteiger partial charge in [0.15, 0.2) is 0 Å². The summed E-state index contributed by atoms with van der Waals surface area (Å²) in [6, 6.07) is 2.05. The fourth-order valence-electron chi connectivity index (χ4n) is 3.03. The van der Waals surface area contributed by atoms with E-state index in [4.69, 9.17) is 4.42 Å². The maximum atomic E-state index is 5.11. The zero-order valence-corrected chi connectivity index (χ0v) is 11.7. The molecule has 1 aromatic heterocycles. The molecule has 18 heavy (non-hydrogen) atoms. The van der Waals surface area contributed by atoms with Crippen molar-refractivity contribution >= 4 is 0 Å². The van der Waals surface area contributed by atoms with Crippen molar-refractivity contribution in [3.05, 3.63) is 24.2 Å². The number of nitrogens with zero attached hydrogens (tertiary/aromatic N) is 1. The Morgan fingerprint density at radius 1 is 1.33 bits per heavy atom. The van der Waals surface area contributed by atoms with Crippen LogP contribution < -0.4 is 5.32 Å². The molecule has 0 saturated heterocycles. The Labute approximate surface area is 111 Å². The van der Waals surface area contributed by atoms with Crippen LogP contribution in [0.1, 0.15) is 44.1 Å². The van der Waals surface area contributed by atoms with Crippen molar-refractivity contribution in [1.82, 2.24) is 10.2 Å². The Hall–Kier alpha value is -0.800. The van der Waals surface area contributed by atoms with Crippen LogP contribution in [0, 0.1) is 0 Å². The predicted octanol–water partition coefficient (Wildman–Crippen LogP) is 3.02. The molecule has 0 aliphatic heterocycles. The van der Waals surface area contributed by atoms with Gasteiger partial charge in [-0.2, -0.15) is 0 Å². The van der Waals surface area contributed by atoms with Crippen LogP contribution in [0.15, 0.2) is 23.0 Å². The van der Waals surface area contributed by atoms with Crippen molar-refractivity contribution < 1.29 is 4.42 Å². The third-order valence-corrected chi connectivity index (χ3v) is 4.35. The summed E-state index contributed by atoms with van der Waals surface area (Å²) >= 11 is 0. The molecule has 0 radical (unpaired) electrons. The average Bonchev–Trinajstić information content (AvgIpc) is 2.90. The van der Waals surface area contributed by atoms with Crippen molar-refractivity contribution in [2.24, 2.45) is 0 Å². The number of nitrogens with one attached hydrogen (secondary N) is 1. The van der Waals surface area contributed by atoms with Crippen LogP contribution in [0.4, 0.5) is 0 Å². The molecule has 1 fully saturated rings. The Bertz CT molecular complexity index is 328. The van der Waals surface area contributed by atoms with Crippen LogP contribution in [-0.2, 0) is 6.54 Å². The van der Waals surface area contributed by atoms with E-state index in [1.165, 1.54) is 44.1 Å². The van der Waals surface area contributed by atoms with Crippen LogP contribution in [0.5, 0.6) is 0 Å². The summed E-state index contributed by atoms with van der Waals surface area (Å²) < 4.78 is 5.11. The topological polar surface area (TPSA) is 28.4 Å². The van der Waals surface area contributed by atoms with Gasteiger partial charge in [-0.05, 0) is 46.0 Å². The fraction of sp³-hybridized carbons (Fsp3) is 0.733. The van der Waals surface area contributed by atoms with Gasteiger partial charge in [-0.25, -0.2) is 0 Å². The van der Waals surface area contributed by atoms with Crippen molar-refractivity contribution in [3.63, 3.8) is 0 Å². The molecule has 1 aliphatic carbocycles. The number of hydrogen-bond donors (Lipinski definition) is 1. The molecule has 3 heteroatoms. The molecule has 3 nitrogen and oxygen atoms in total. The first-order valence-electron chi connectivity index (χ1n) is 7.13. The Morgan fingerprint density at radius 3 is 2.72 bits per heavy atom. The van der Waals surface area contributed by atoms with E-state index in [-0.39, 0.29) is 0 Å². The van der Waals surface area contributed by atoms with Gasteiger partial charge >= 0.3 is 0 Å². The first kappa shape index (κ1) is 13.6. The Morgan fingerprint density at radius 2 is 2.11 bits per heavy atom. The second kappa shape index (κ2) is 6.39. The van der Waals surface area contributed by atoms with Gasteiger partial charge in [0.2, 0.25) is 0 Å². The van der Waals surface area contributed by atoms with Crippen LogP contribution in [0.3, 0.4) is 0 Å². The minimum absolute atomic E-state index is 0.392. The van der Waals surface area contributed by atoms with Gasteiger partial charge < -0.3 is 14.6 Å². The van der Waals surface area contributed by atoms with E-state index in [9.17, 15) is 0 Å². The molecule has 0 spiro atoms. The first-order valence-corrected chi connectivity index (χ1v) is 7.13. The van der Waals surface area contributed by atoms with E-state index < -0.39 is 0 Å². The quantitative estimate of drug-likeness (QED) is 0.841. The number of hydrogen-bond acceptors (Lipinski definition) is 3. The number of furan rings is 1. The van der Waals surface area contributed by atoms with Gasteiger partial charge in [0.25, 0.3) is 0 Å². The zero-order valence-electron chi connectivity index (χ0n) is 11.7. The number of rotatable bonds is 6. The summed E-state index contributed by atoms with van der Waals surface area (Å²) in [5.41, 5.74) is 1.66. The average molecular weight is 250 g/mol. The van der Waals surface area contributed by atoms with Crippen LogP contribution >= 0.6 is 0 Å². The standard InChI is InChI=1S/C15H26N2O/c1-16-15(7-4-3-5-8-15)9-10-17(2)12-14-6-11-18-13-14/h6,11,13,16H,3-5,7-10,12H2,1-2H3. The molecule has 1 N–H and O–H groups in total. The molecule has 0 aromatic carbocycles. The smallest absolute Gasteiger partial charge is 0.0947 e. The maximum Gasteiger partial charge on any atom is 0.0947 e. The van der Waals surface area contributed by atoms with E-state index >= 15 is 0 Å². The highest BCUT2D eigenvalue weighted by molar-refractivity contribution is 5.04. The van der Waals surface area contributed by atoms with Crippen molar-refractivity contribution in [2.45, 2.75) is 50.6 Å². The van der Waals surface area contributed by atoms with Crippen LogP contribution in [0.2, 0.25) is 0 Å². The molecular weight excluding hydrogens is 224 g/mol. The molecule has 2 rings (SSSR count). The van der Waals surface area contributed by atoms with Gasteiger partial charge in [-0.3, -0.25) is 0 Å². The molecule has 1 heterocycles. The second-order valence-corrected chi connectivity index (χ2v) is 5.71. The van der Waals surface area contributed by atoms with Crippen molar-refractivity contribution in [1.29, 1.82) is 0 Å². The molecule has 1 aliphatic rings. The third-order valence-electron chi connectivity index (χ3n) is 4.35.